The number of amides is 1. The van der Waals surface area contributed by atoms with Crippen molar-refractivity contribution in [3.8, 4) is 22.9 Å². The van der Waals surface area contributed by atoms with Gasteiger partial charge in [-0.2, -0.15) is 4.31 Å². The van der Waals surface area contributed by atoms with Gasteiger partial charge in [-0.1, -0.05) is 17.7 Å². The summed E-state index contributed by atoms with van der Waals surface area (Å²) in [5, 5.41) is 8.23. The van der Waals surface area contributed by atoms with Crippen LogP contribution in [-0.4, -0.2) is 59.9 Å². The summed E-state index contributed by atoms with van der Waals surface area (Å²) in [6.07, 6.45) is 0. The molecule has 5 rings (SSSR count). The molecule has 0 unspecified atom stereocenters. The van der Waals surface area contributed by atoms with Crippen LogP contribution in [0.5, 0.6) is 0 Å². The van der Waals surface area contributed by atoms with Crippen molar-refractivity contribution in [1.29, 1.82) is 0 Å². The second-order valence-corrected chi connectivity index (χ2v) is 10.4. The molecule has 0 radical (unpaired) electrons. The van der Waals surface area contributed by atoms with Crippen molar-refractivity contribution in [2.45, 2.75) is 11.8 Å². The third-order valence-electron chi connectivity index (χ3n) is 6.08. The Balaban J connectivity index is 1.23. The summed E-state index contributed by atoms with van der Waals surface area (Å²) in [5.74, 6) is 0.0789. The molecule has 0 spiro atoms. The van der Waals surface area contributed by atoms with Gasteiger partial charge in [-0.3, -0.25) is 4.79 Å². The summed E-state index contributed by atoms with van der Waals surface area (Å²) in [4.78, 5) is 14.6. The third kappa shape index (κ3) is 4.77. The third-order valence-corrected chi connectivity index (χ3v) is 7.99. The lowest BCUT2D eigenvalue weighted by molar-refractivity contribution is 0.0698. The van der Waals surface area contributed by atoms with Gasteiger partial charge in [-0.15, -0.1) is 10.2 Å². The molecule has 1 aliphatic rings. The quantitative estimate of drug-likeness (QED) is 0.406. The summed E-state index contributed by atoms with van der Waals surface area (Å²) < 4.78 is 45.9. The molecule has 0 aliphatic carbocycles. The maximum Gasteiger partial charge on any atom is 0.253 e. The number of hydrogen-bond acceptors (Lipinski definition) is 6. The molecule has 0 saturated carbocycles. The Kier molecular flexibility index (Phi) is 6.38. The topological polar surface area (TPSA) is 96.6 Å². The average Bonchev–Trinajstić information content (AvgIpc) is 3.39. The van der Waals surface area contributed by atoms with Crippen LogP contribution in [0.1, 0.15) is 15.9 Å². The van der Waals surface area contributed by atoms with Gasteiger partial charge in [0.05, 0.1) is 4.90 Å². The van der Waals surface area contributed by atoms with Crippen molar-refractivity contribution in [2.24, 2.45) is 0 Å². The highest BCUT2D eigenvalue weighted by Crippen LogP contribution is 2.25. The number of benzene rings is 3. The van der Waals surface area contributed by atoms with Crippen LogP contribution < -0.4 is 0 Å². The fourth-order valence-corrected chi connectivity index (χ4v) is 5.40. The predicted octanol–water partition coefficient (Wildman–Crippen LogP) is 4.00. The maximum atomic E-state index is 13.2. The van der Waals surface area contributed by atoms with E-state index in [-0.39, 0.29) is 37.0 Å². The molecule has 8 nitrogen and oxygen atoms in total. The van der Waals surface area contributed by atoms with Crippen LogP contribution in [0.15, 0.2) is 82.1 Å². The molecular formula is C26H23FN4O4S. The van der Waals surface area contributed by atoms with Crippen molar-refractivity contribution in [3.05, 3.63) is 89.7 Å². The van der Waals surface area contributed by atoms with Gasteiger partial charge >= 0.3 is 0 Å². The van der Waals surface area contributed by atoms with Gasteiger partial charge in [-0.05, 0) is 67.6 Å². The van der Waals surface area contributed by atoms with Crippen molar-refractivity contribution >= 4 is 15.9 Å². The largest absolute Gasteiger partial charge is 0.416 e. The highest BCUT2D eigenvalue weighted by Gasteiger charge is 2.30. The number of carbonyl (C=O) groups is 1. The maximum absolute atomic E-state index is 13.2. The van der Waals surface area contributed by atoms with Crippen molar-refractivity contribution in [2.75, 3.05) is 26.2 Å². The van der Waals surface area contributed by atoms with Gasteiger partial charge in [0.25, 0.3) is 5.91 Å². The number of sulfonamides is 1. The lowest BCUT2D eigenvalue weighted by Crippen LogP contribution is -2.50. The molecule has 36 heavy (non-hydrogen) atoms. The van der Waals surface area contributed by atoms with E-state index in [4.69, 9.17) is 4.42 Å². The SMILES string of the molecule is Cc1ccc(-c2nnc(-c3ccc(C(=O)N4CCN(S(=O)(=O)c5ccc(F)cc5)CC4)cc3)o2)cc1. The van der Waals surface area contributed by atoms with Crippen LogP contribution in [0.25, 0.3) is 22.9 Å². The monoisotopic (exact) mass is 506 g/mol. The number of rotatable bonds is 5. The number of aryl methyl sites for hydroxylation is 1. The first kappa shape index (κ1) is 23.8. The second-order valence-electron chi connectivity index (χ2n) is 8.51. The van der Waals surface area contributed by atoms with Gasteiger partial charge in [0, 0.05) is 42.9 Å². The molecule has 3 aromatic carbocycles. The van der Waals surface area contributed by atoms with Crippen LogP contribution in [0.3, 0.4) is 0 Å². The van der Waals surface area contributed by atoms with Gasteiger partial charge in [0.2, 0.25) is 21.8 Å². The van der Waals surface area contributed by atoms with E-state index in [0.29, 0.717) is 22.9 Å². The van der Waals surface area contributed by atoms with Crippen LogP contribution in [0.2, 0.25) is 0 Å². The molecule has 1 aromatic heterocycles. The Bertz CT molecular complexity index is 1480. The zero-order valence-corrected chi connectivity index (χ0v) is 20.3. The van der Waals surface area contributed by atoms with E-state index in [1.165, 1.54) is 16.4 Å². The van der Waals surface area contributed by atoms with E-state index in [9.17, 15) is 17.6 Å². The van der Waals surface area contributed by atoms with E-state index in [1.54, 1.807) is 29.2 Å². The molecule has 2 heterocycles. The molecule has 0 bridgehead atoms. The number of hydrogen-bond donors (Lipinski definition) is 0. The smallest absolute Gasteiger partial charge is 0.253 e. The molecule has 0 atom stereocenters. The summed E-state index contributed by atoms with van der Waals surface area (Å²) in [6.45, 7) is 2.83. The van der Waals surface area contributed by atoms with Gasteiger partial charge in [0.15, 0.2) is 0 Å². The number of nitrogens with zero attached hydrogens (tertiary/aromatic N) is 4. The minimum absolute atomic E-state index is 0.0332. The van der Waals surface area contributed by atoms with Crippen LogP contribution in [0.4, 0.5) is 4.39 Å². The zero-order chi connectivity index (χ0) is 25.3. The number of halogens is 1. The second kappa shape index (κ2) is 9.63. The zero-order valence-electron chi connectivity index (χ0n) is 19.5. The molecule has 1 aliphatic heterocycles. The lowest BCUT2D eigenvalue weighted by atomic mass is 10.1. The molecule has 4 aromatic rings. The molecule has 1 amide bonds. The van der Waals surface area contributed by atoms with E-state index in [2.05, 4.69) is 10.2 Å². The highest BCUT2D eigenvalue weighted by atomic mass is 32.2. The summed E-state index contributed by atoms with van der Waals surface area (Å²) in [6, 6.07) is 19.4. The first-order valence-electron chi connectivity index (χ1n) is 11.4. The van der Waals surface area contributed by atoms with Gasteiger partial charge in [-0.25, -0.2) is 12.8 Å². The van der Waals surface area contributed by atoms with Crippen molar-refractivity contribution in [3.63, 3.8) is 0 Å². The summed E-state index contributed by atoms with van der Waals surface area (Å²) >= 11 is 0. The number of piperazine rings is 1. The van der Waals surface area contributed by atoms with Crippen LogP contribution in [0, 0.1) is 12.7 Å². The lowest BCUT2D eigenvalue weighted by Gasteiger charge is -2.34. The molecule has 184 valence electrons. The van der Waals surface area contributed by atoms with E-state index < -0.39 is 15.8 Å². The predicted molar refractivity (Wildman–Crippen MR) is 131 cm³/mol. The van der Waals surface area contributed by atoms with Gasteiger partial charge < -0.3 is 9.32 Å². The minimum Gasteiger partial charge on any atom is -0.416 e. The van der Waals surface area contributed by atoms with Crippen LogP contribution >= 0.6 is 0 Å². The Hall–Kier alpha value is -3.89. The van der Waals surface area contributed by atoms with E-state index >= 15 is 0 Å². The Morgan fingerprint density at radius 3 is 1.89 bits per heavy atom. The standard InChI is InChI=1S/C26H23FN4O4S/c1-18-2-4-19(5-3-18)24-28-29-25(35-24)20-6-8-21(9-7-20)26(32)30-14-16-31(17-15-30)36(33,34)23-12-10-22(27)11-13-23/h2-13H,14-17H2,1H3. The first-order valence-corrected chi connectivity index (χ1v) is 12.8. The summed E-state index contributed by atoms with van der Waals surface area (Å²) in [5.41, 5.74) is 3.13. The highest BCUT2D eigenvalue weighted by molar-refractivity contribution is 7.89. The Labute approximate surface area is 208 Å². The fraction of sp³-hybridized carbons (Fsp3) is 0.192. The minimum atomic E-state index is -3.74. The van der Waals surface area contributed by atoms with Crippen molar-refractivity contribution < 1.29 is 22.0 Å². The Morgan fingerprint density at radius 1 is 0.806 bits per heavy atom. The normalized spacial score (nSPS) is 14.7. The van der Waals surface area contributed by atoms with Crippen molar-refractivity contribution in [1.82, 2.24) is 19.4 Å². The molecule has 0 N–H and O–H groups in total. The average molecular weight is 507 g/mol. The van der Waals surface area contributed by atoms with E-state index in [0.717, 1.165) is 23.3 Å². The fourth-order valence-electron chi connectivity index (χ4n) is 3.98. The molecule has 1 fully saturated rings. The molecular weight excluding hydrogens is 483 g/mol. The number of aromatic nitrogens is 2. The van der Waals surface area contributed by atoms with E-state index in [1.807, 2.05) is 31.2 Å². The molecule has 1 saturated heterocycles. The first-order chi connectivity index (χ1) is 17.3. The number of carbonyl (C=O) groups excluding carboxylic acids is 1. The molecule has 10 heteroatoms. The van der Waals surface area contributed by atoms with Crippen LogP contribution in [-0.2, 0) is 10.0 Å². The Morgan fingerprint density at radius 2 is 1.33 bits per heavy atom. The summed E-state index contributed by atoms with van der Waals surface area (Å²) in [7, 11) is -3.74. The van der Waals surface area contributed by atoms with Gasteiger partial charge in [0.1, 0.15) is 5.82 Å².